The number of allylic oxidation sites excluding steroid dienone is 1. The molecule has 0 radical (unpaired) electrons. The number of hydrogen-bond acceptors (Lipinski definition) is 8. The van der Waals surface area contributed by atoms with Crippen LogP contribution in [0.2, 0.25) is 0 Å². The number of fused-ring (bicyclic) bond motifs is 7. The molecule has 6 rings (SSSR count). The average Bonchev–Trinajstić information content (AvgIpc) is 3.37. The highest BCUT2D eigenvalue weighted by atomic mass is 16.6. The first-order valence-corrected chi connectivity index (χ1v) is 14.3. The van der Waals surface area contributed by atoms with Crippen molar-refractivity contribution in [3.8, 4) is 0 Å². The van der Waals surface area contributed by atoms with Gasteiger partial charge in [0.25, 0.3) is 5.69 Å². The lowest BCUT2D eigenvalue weighted by Gasteiger charge is -2.58. The first-order valence-electron chi connectivity index (χ1n) is 14.3. The summed E-state index contributed by atoms with van der Waals surface area (Å²) < 4.78 is 5.59. The summed E-state index contributed by atoms with van der Waals surface area (Å²) in [6.45, 7) is 8.51. The van der Waals surface area contributed by atoms with Crippen LogP contribution in [0, 0.1) is 54.7 Å². The maximum atomic E-state index is 11.9. The third-order valence-electron chi connectivity index (χ3n) is 11.4. The number of ether oxygens (including phenoxy) is 1. The number of nitro benzene ring substituents is 2. The lowest BCUT2D eigenvalue weighted by Crippen LogP contribution is -2.52. The number of carbonyl (C=O) groups is 1. The van der Waals surface area contributed by atoms with Crippen molar-refractivity contribution in [1.29, 1.82) is 0 Å². The van der Waals surface area contributed by atoms with Crippen molar-refractivity contribution in [2.24, 2.45) is 34.5 Å². The molecule has 1 aliphatic heterocycles. The Morgan fingerprint density at radius 3 is 2.59 bits per heavy atom. The van der Waals surface area contributed by atoms with E-state index in [-0.39, 0.29) is 46.4 Å². The second-order valence-electron chi connectivity index (χ2n) is 13.1. The highest BCUT2D eigenvalue weighted by Crippen LogP contribution is 2.67. The van der Waals surface area contributed by atoms with Crippen LogP contribution >= 0.6 is 0 Å². The lowest BCUT2D eigenvalue weighted by atomic mass is 9.47. The summed E-state index contributed by atoms with van der Waals surface area (Å²) in [5.74, 6) is 1.92. The highest BCUT2D eigenvalue weighted by Gasteiger charge is 2.64. The summed E-state index contributed by atoms with van der Waals surface area (Å²) in [7, 11) is 0. The monoisotopic (exact) mass is 538 g/mol. The molecule has 4 aliphatic carbocycles. The number of hydrazine groups is 1. The number of rotatable bonds is 4. The lowest BCUT2D eigenvalue weighted by molar-refractivity contribution is -0.393. The molecule has 10 heteroatoms. The Bertz CT molecular complexity index is 1270. The molecule has 210 valence electrons. The molecule has 0 amide bonds. The molecular formula is C29H38N4O6. The Hall–Kier alpha value is -3.01. The molecule has 0 bridgehead atoms. The van der Waals surface area contributed by atoms with Gasteiger partial charge in [0.05, 0.1) is 15.9 Å². The number of nitro groups is 2. The van der Waals surface area contributed by atoms with Crippen molar-refractivity contribution < 1.29 is 19.4 Å². The fourth-order valence-electron chi connectivity index (χ4n) is 9.79. The summed E-state index contributed by atoms with van der Waals surface area (Å²) in [6.07, 6.45) is 9.67. The maximum absolute atomic E-state index is 11.9. The number of carbonyl (C=O) groups excluding carboxylic acids is 1. The van der Waals surface area contributed by atoms with E-state index in [0.29, 0.717) is 29.4 Å². The molecule has 1 aromatic rings. The maximum Gasteiger partial charge on any atom is 0.302 e. The van der Waals surface area contributed by atoms with Gasteiger partial charge in [0, 0.05) is 37.4 Å². The van der Waals surface area contributed by atoms with Gasteiger partial charge in [0.15, 0.2) is 0 Å². The van der Waals surface area contributed by atoms with Crippen LogP contribution in [0.25, 0.3) is 0 Å². The largest absolute Gasteiger partial charge is 0.462 e. The number of hydrogen-bond donors (Lipinski definition) is 1. The SMILES string of the molecule is CC(=O)O[C@H]1CC[C@@]2(C)C(=CC[C@H]3[C@@H]4C[C@@H]5NN(c6ccc([N+](=O)[O-])cc6[N+](=O)[O-])[C@@H](C)[C@@H]5[C@@]4(C)CC[C@@H]32)C1. The standard InChI is InChI=1S/C29H38N4O6/c1-16-27-24(30-31(16)25-8-6-19(32(35)36)14-26(25)33(37)38)15-23-21-7-5-18-13-20(39-17(2)34)9-11-28(18,3)22(21)10-12-29(23,27)4/h5-6,8,14,16,20-24,27,30H,7,9-13,15H2,1-4H3/t16-,20-,21+,22-,23-,24-,27-,28-,29-/m0/s1. The third-order valence-corrected chi connectivity index (χ3v) is 11.4. The number of non-ortho nitro benzene ring substituents is 1. The number of nitrogens with zero attached hydrogens (tertiary/aromatic N) is 3. The van der Waals surface area contributed by atoms with Gasteiger partial charge >= 0.3 is 11.7 Å². The molecule has 1 saturated heterocycles. The topological polar surface area (TPSA) is 128 Å². The van der Waals surface area contributed by atoms with Crippen molar-refractivity contribution in [2.75, 3.05) is 5.01 Å². The van der Waals surface area contributed by atoms with Crippen LogP contribution in [-0.2, 0) is 9.53 Å². The van der Waals surface area contributed by atoms with E-state index in [0.717, 1.165) is 51.0 Å². The van der Waals surface area contributed by atoms with Gasteiger partial charge in [-0.3, -0.25) is 30.0 Å². The van der Waals surface area contributed by atoms with Crippen molar-refractivity contribution in [2.45, 2.75) is 90.8 Å². The molecule has 1 aromatic carbocycles. The Balaban J connectivity index is 1.25. The van der Waals surface area contributed by atoms with E-state index in [9.17, 15) is 25.0 Å². The van der Waals surface area contributed by atoms with Crippen LogP contribution in [-0.4, -0.2) is 34.0 Å². The molecule has 0 unspecified atom stereocenters. The van der Waals surface area contributed by atoms with Gasteiger partial charge in [0.1, 0.15) is 11.8 Å². The van der Waals surface area contributed by atoms with E-state index < -0.39 is 9.85 Å². The van der Waals surface area contributed by atoms with Crippen molar-refractivity contribution >= 4 is 23.0 Å². The van der Waals surface area contributed by atoms with E-state index in [4.69, 9.17) is 4.74 Å². The second-order valence-corrected chi connectivity index (χ2v) is 13.1. The van der Waals surface area contributed by atoms with Gasteiger partial charge in [0.2, 0.25) is 0 Å². The van der Waals surface area contributed by atoms with Crippen molar-refractivity contribution in [3.05, 3.63) is 50.1 Å². The third kappa shape index (κ3) is 3.89. The van der Waals surface area contributed by atoms with Crippen molar-refractivity contribution in [1.82, 2.24) is 5.43 Å². The predicted molar refractivity (Wildman–Crippen MR) is 145 cm³/mol. The van der Waals surface area contributed by atoms with Crippen molar-refractivity contribution in [3.63, 3.8) is 0 Å². The molecule has 5 aliphatic rings. The van der Waals surface area contributed by atoms with Crippen LogP contribution in [0.3, 0.4) is 0 Å². The Labute approximate surface area is 228 Å². The van der Waals surface area contributed by atoms with E-state index in [1.165, 1.54) is 24.6 Å². The predicted octanol–water partition coefficient (Wildman–Crippen LogP) is 5.71. The molecule has 1 N–H and O–H groups in total. The van der Waals surface area contributed by atoms with E-state index >= 15 is 0 Å². The average molecular weight is 539 g/mol. The summed E-state index contributed by atoms with van der Waals surface area (Å²) in [4.78, 5) is 33.6. The Morgan fingerprint density at radius 1 is 1.13 bits per heavy atom. The van der Waals surface area contributed by atoms with Gasteiger partial charge in [-0.2, -0.15) is 0 Å². The highest BCUT2D eigenvalue weighted by molar-refractivity contribution is 5.67. The summed E-state index contributed by atoms with van der Waals surface area (Å²) >= 11 is 0. The molecule has 4 fully saturated rings. The first kappa shape index (κ1) is 26.2. The van der Waals surface area contributed by atoms with Gasteiger partial charge in [-0.25, -0.2) is 5.43 Å². The summed E-state index contributed by atoms with van der Waals surface area (Å²) in [5.41, 5.74) is 5.25. The fraction of sp³-hybridized carbons (Fsp3) is 0.690. The number of benzene rings is 1. The first-order chi connectivity index (χ1) is 18.4. The van der Waals surface area contributed by atoms with Gasteiger partial charge < -0.3 is 4.74 Å². The van der Waals surface area contributed by atoms with Crippen LogP contribution in [0.5, 0.6) is 0 Å². The van der Waals surface area contributed by atoms with Gasteiger partial charge in [-0.05, 0) is 80.1 Å². The quantitative estimate of drug-likeness (QED) is 0.224. The molecule has 39 heavy (non-hydrogen) atoms. The summed E-state index contributed by atoms with van der Waals surface area (Å²) in [6, 6.07) is 4.16. The van der Waals surface area contributed by atoms with Crippen LogP contribution in [0.4, 0.5) is 17.1 Å². The minimum atomic E-state index is -0.593. The minimum Gasteiger partial charge on any atom is -0.462 e. The van der Waals surface area contributed by atoms with E-state index in [1.807, 2.05) is 5.01 Å². The zero-order valence-electron chi connectivity index (χ0n) is 23.1. The zero-order chi connectivity index (χ0) is 27.9. The van der Waals surface area contributed by atoms with Crippen LogP contribution in [0.1, 0.15) is 72.6 Å². The smallest absolute Gasteiger partial charge is 0.302 e. The molecule has 10 nitrogen and oxygen atoms in total. The number of anilines is 1. The number of nitrogens with one attached hydrogen (secondary N) is 1. The normalized spacial score (nSPS) is 40.6. The molecule has 1 heterocycles. The molecule has 0 aromatic heterocycles. The molecule has 9 atom stereocenters. The second kappa shape index (κ2) is 9.01. The van der Waals surface area contributed by atoms with Crippen LogP contribution < -0.4 is 10.4 Å². The number of esters is 1. The van der Waals surface area contributed by atoms with Gasteiger partial charge in [-0.1, -0.05) is 25.5 Å². The Kier molecular flexibility index (Phi) is 6.06. The molecule has 0 spiro atoms. The summed E-state index contributed by atoms with van der Waals surface area (Å²) in [5, 5.41) is 25.0. The van der Waals surface area contributed by atoms with E-state index in [2.05, 4.69) is 32.3 Å². The Morgan fingerprint density at radius 2 is 1.90 bits per heavy atom. The minimum absolute atomic E-state index is 0.00224. The van der Waals surface area contributed by atoms with E-state index in [1.54, 1.807) is 0 Å². The fourth-order valence-corrected chi connectivity index (χ4v) is 9.79. The van der Waals surface area contributed by atoms with Crippen LogP contribution in [0.15, 0.2) is 29.8 Å². The zero-order valence-corrected chi connectivity index (χ0v) is 23.1. The molecular weight excluding hydrogens is 500 g/mol. The van der Waals surface area contributed by atoms with Gasteiger partial charge in [-0.15, -0.1) is 0 Å². The molecule has 3 saturated carbocycles.